The van der Waals surface area contributed by atoms with Crippen molar-refractivity contribution in [3.05, 3.63) is 42.5 Å². The normalized spacial score (nSPS) is 11.0. The Labute approximate surface area is 143 Å². The van der Waals surface area contributed by atoms with Crippen LogP contribution < -0.4 is 4.74 Å². The molecule has 0 saturated heterocycles. The van der Waals surface area contributed by atoms with E-state index in [1.165, 1.54) is 0 Å². The molecule has 5 heteroatoms. The van der Waals surface area contributed by atoms with E-state index in [0.29, 0.717) is 25.4 Å². The highest BCUT2D eigenvalue weighted by Gasteiger charge is 2.14. The summed E-state index contributed by atoms with van der Waals surface area (Å²) in [7, 11) is 5.62. The number of carbonyl (C=O) groups excluding carboxylic acids is 1. The lowest BCUT2D eigenvalue weighted by molar-refractivity contribution is -0.134. The van der Waals surface area contributed by atoms with E-state index in [0.717, 1.165) is 17.3 Å². The minimum Gasteiger partial charge on any atom is -0.484 e. The topological polar surface area (TPSA) is 42.0 Å². The molecule has 0 radical (unpaired) electrons. The number of methoxy groups -OCH3 is 1. The summed E-state index contributed by atoms with van der Waals surface area (Å²) < 4.78 is 10.8. The number of ether oxygens (including phenoxy) is 2. The second-order valence-electron chi connectivity index (χ2n) is 5.97. The van der Waals surface area contributed by atoms with E-state index in [-0.39, 0.29) is 12.5 Å². The van der Waals surface area contributed by atoms with Gasteiger partial charge in [-0.15, -0.1) is 0 Å². The van der Waals surface area contributed by atoms with Crippen LogP contribution in [-0.2, 0) is 9.53 Å². The van der Waals surface area contributed by atoms with Crippen LogP contribution in [0.1, 0.15) is 0 Å². The van der Waals surface area contributed by atoms with E-state index in [4.69, 9.17) is 9.47 Å². The number of hydrogen-bond donors (Lipinski definition) is 0. The van der Waals surface area contributed by atoms with E-state index >= 15 is 0 Å². The predicted molar refractivity (Wildman–Crippen MR) is 96.5 cm³/mol. The minimum absolute atomic E-state index is 0.0259. The van der Waals surface area contributed by atoms with Crippen LogP contribution in [0.25, 0.3) is 10.8 Å². The van der Waals surface area contributed by atoms with Crippen molar-refractivity contribution >= 4 is 16.7 Å². The SMILES string of the molecule is COCCN(CCN(C)C)C(=O)COc1ccc2ccccc2c1. The van der Waals surface area contributed by atoms with Gasteiger partial charge in [-0.1, -0.05) is 30.3 Å². The zero-order chi connectivity index (χ0) is 17.4. The third kappa shape index (κ3) is 5.51. The number of carbonyl (C=O) groups is 1. The first-order valence-electron chi connectivity index (χ1n) is 8.13. The first-order valence-corrected chi connectivity index (χ1v) is 8.13. The predicted octanol–water partition coefficient (Wildman–Crippen LogP) is 2.26. The van der Waals surface area contributed by atoms with Crippen molar-refractivity contribution in [1.29, 1.82) is 0 Å². The van der Waals surface area contributed by atoms with Gasteiger partial charge in [-0.25, -0.2) is 0 Å². The van der Waals surface area contributed by atoms with Crippen LogP contribution in [0.2, 0.25) is 0 Å². The van der Waals surface area contributed by atoms with Crippen molar-refractivity contribution in [1.82, 2.24) is 9.80 Å². The van der Waals surface area contributed by atoms with Crippen LogP contribution in [0, 0.1) is 0 Å². The highest BCUT2D eigenvalue weighted by molar-refractivity contribution is 5.84. The Morgan fingerprint density at radius 3 is 2.46 bits per heavy atom. The molecule has 0 fully saturated rings. The highest BCUT2D eigenvalue weighted by atomic mass is 16.5. The third-order valence-electron chi connectivity index (χ3n) is 3.82. The van der Waals surface area contributed by atoms with Gasteiger partial charge in [-0.2, -0.15) is 0 Å². The first kappa shape index (κ1) is 18.2. The maximum absolute atomic E-state index is 12.4. The molecule has 0 heterocycles. The number of nitrogens with zero attached hydrogens (tertiary/aromatic N) is 2. The molecule has 1 amide bonds. The van der Waals surface area contributed by atoms with Crippen molar-refractivity contribution < 1.29 is 14.3 Å². The quantitative estimate of drug-likeness (QED) is 0.707. The smallest absolute Gasteiger partial charge is 0.260 e. The van der Waals surface area contributed by atoms with Crippen LogP contribution in [0.15, 0.2) is 42.5 Å². The minimum atomic E-state index is -0.0259. The molecule has 2 aromatic rings. The summed E-state index contributed by atoms with van der Waals surface area (Å²) in [5.41, 5.74) is 0. The van der Waals surface area contributed by atoms with E-state index in [1.807, 2.05) is 50.5 Å². The van der Waals surface area contributed by atoms with Gasteiger partial charge in [0.1, 0.15) is 5.75 Å². The summed E-state index contributed by atoms with van der Waals surface area (Å²) in [5, 5.41) is 2.26. The molecule has 0 atom stereocenters. The fraction of sp³-hybridized carbons (Fsp3) is 0.421. The molecule has 0 N–H and O–H groups in total. The average Bonchev–Trinajstić information content (AvgIpc) is 2.59. The van der Waals surface area contributed by atoms with Crippen molar-refractivity contribution in [2.24, 2.45) is 0 Å². The summed E-state index contributed by atoms with van der Waals surface area (Å²) in [4.78, 5) is 16.3. The fourth-order valence-corrected chi connectivity index (χ4v) is 2.38. The molecule has 0 aliphatic rings. The van der Waals surface area contributed by atoms with Gasteiger partial charge < -0.3 is 19.3 Å². The molecule has 0 unspecified atom stereocenters. The summed E-state index contributed by atoms with van der Waals surface area (Å²) in [6.45, 7) is 2.61. The van der Waals surface area contributed by atoms with Crippen LogP contribution in [0.3, 0.4) is 0 Å². The van der Waals surface area contributed by atoms with Gasteiger partial charge in [0.15, 0.2) is 6.61 Å². The molecule has 0 aliphatic heterocycles. The molecule has 0 bridgehead atoms. The lowest BCUT2D eigenvalue weighted by Crippen LogP contribution is -2.41. The lowest BCUT2D eigenvalue weighted by atomic mass is 10.1. The van der Waals surface area contributed by atoms with Gasteiger partial charge in [-0.3, -0.25) is 4.79 Å². The lowest BCUT2D eigenvalue weighted by Gasteiger charge is -2.24. The Balaban J connectivity index is 1.94. The zero-order valence-electron chi connectivity index (χ0n) is 14.7. The molecule has 0 spiro atoms. The summed E-state index contributed by atoms with van der Waals surface area (Å²) in [6, 6.07) is 13.9. The van der Waals surface area contributed by atoms with Crippen molar-refractivity contribution in [2.75, 3.05) is 54.1 Å². The monoisotopic (exact) mass is 330 g/mol. The standard InChI is InChI=1S/C19H26N2O3/c1-20(2)10-11-21(12-13-23-3)19(22)15-24-18-9-8-16-6-4-5-7-17(16)14-18/h4-9,14H,10-13,15H2,1-3H3. The van der Waals surface area contributed by atoms with Crippen LogP contribution >= 0.6 is 0 Å². The number of rotatable bonds is 9. The molecule has 2 rings (SSSR count). The van der Waals surface area contributed by atoms with Gasteiger partial charge in [0.05, 0.1) is 6.61 Å². The van der Waals surface area contributed by atoms with Crippen molar-refractivity contribution in [2.45, 2.75) is 0 Å². The van der Waals surface area contributed by atoms with Crippen molar-refractivity contribution in [3.63, 3.8) is 0 Å². The molecule has 5 nitrogen and oxygen atoms in total. The van der Waals surface area contributed by atoms with Gasteiger partial charge in [-0.05, 0) is 37.0 Å². The van der Waals surface area contributed by atoms with Crippen LogP contribution in [-0.4, -0.2) is 69.8 Å². The van der Waals surface area contributed by atoms with E-state index < -0.39 is 0 Å². The Hall–Kier alpha value is -2.11. The molecular formula is C19H26N2O3. The van der Waals surface area contributed by atoms with Gasteiger partial charge in [0.2, 0.25) is 0 Å². The largest absolute Gasteiger partial charge is 0.484 e. The molecule has 0 aromatic heterocycles. The maximum Gasteiger partial charge on any atom is 0.260 e. The average molecular weight is 330 g/mol. The van der Waals surface area contributed by atoms with E-state index in [9.17, 15) is 4.79 Å². The molecular weight excluding hydrogens is 304 g/mol. The number of hydrogen-bond acceptors (Lipinski definition) is 4. The number of amides is 1. The van der Waals surface area contributed by atoms with E-state index in [1.54, 1.807) is 12.0 Å². The Kier molecular flexibility index (Phi) is 7.03. The Bertz CT molecular complexity index is 658. The number of likely N-dealkylation sites (N-methyl/N-ethyl adjacent to an activating group) is 1. The molecule has 2 aromatic carbocycles. The second-order valence-corrected chi connectivity index (χ2v) is 5.97. The zero-order valence-corrected chi connectivity index (χ0v) is 14.7. The number of fused-ring (bicyclic) bond motifs is 1. The van der Waals surface area contributed by atoms with Gasteiger partial charge >= 0.3 is 0 Å². The molecule has 130 valence electrons. The highest BCUT2D eigenvalue weighted by Crippen LogP contribution is 2.20. The first-order chi connectivity index (χ1) is 11.6. The fourth-order valence-electron chi connectivity index (χ4n) is 2.38. The Morgan fingerprint density at radius 2 is 1.75 bits per heavy atom. The number of benzene rings is 2. The van der Waals surface area contributed by atoms with E-state index in [2.05, 4.69) is 11.0 Å². The maximum atomic E-state index is 12.4. The summed E-state index contributed by atoms with van der Waals surface area (Å²) in [5.74, 6) is 0.684. The summed E-state index contributed by atoms with van der Waals surface area (Å²) in [6.07, 6.45) is 0. The summed E-state index contributed by atoms with van der Waals surface area (Å²) >= 11 is 0. The molecule has 0 aliphatic carbocycles. The molecule has 24 heavy (non-hydrogen) atoms. The van der Waals surface area contributed by atoms with Crippen molar-refractivity contribution in [3.8, 4) is 5.75 Å². The Morgan fingerprint density at radius 1 is 1.00 bits per heavy atom. The third-order valence-corrected chi connectivity index (χ3v) is 3.82. The van der Waals surface area contributed by atoms with Gasteiger partial charge in [0, 0.05) is 26.7 Å². The van der Waals surface area contributed by atoms with Gasteiger partial charge in [0.25, 0.3) is 5.91 Å². The van der Waals surface area contributed by atoms with Crippen LogP contribution in [0.5, 0.6) is 5.75 Å². The van der Waals surface area contributed by atoms with Crippen LogP contribution in [0.4, 0.5) is 0 Å². The second kappa shape index (κ2) is 9.25. The molecule has 0 saturated carbocycles.